The van der Waals surface area contributed by atoms with E-state index >= 15 is 0 Å². The van der Waals surface area contributed by atoms with Crippen molar-refractivity contribution in [2.75, 3.05) is 35.8 Å². The zero-order valence-electron chi connectivity index (χ0n) is 22.3. The fraction of sp³-hybridized carbons (Fsp3) is 0.121. The van der Waals surface area contributed by atoms with Gasteiger partial charge in [0, 0.05) is 54.3 Å². The fourth-order valence-corrected chi connectivity index (χ4v) is 5.95. The first-order valence-corrected chi connectivity index (χ1v) is 14.0. The summed E-state index contributed by atoms with van der Waals surface area (Å²) in [6.07, 6.45) is 0.732. The predicted molar refractivity (Wildman–Crippen MR) is 164 cm³/mol. The van der Waals surface area contributed by atoms with Crippen LogP contribution in [0.15, 0.2) is 103 Å². The molecule has 4 aromatic carbocycles. The van der Waals surface area contributed by atoms with Gasteiger partial charge in [0.2, 0.25) is 0 Å². The normalized spacial score (nSPS) is 12.2. The van der Waals surface area contributed by atoms with E-state index in [9.17, 15) is 9.59 Å². The lowest BCUT2D eigenvalue weighted by molar-refractivity contribution is 0.0986. The number of fused-ring (bicyclic) bond motifs is 3. The quantitative estimate of drug-likeness (QED) is 0.259. The summed E-state index contributed by atoms with van der Waals surface area (Å²) in [5.74, 6) is -0.279. The lowest BCUT2D eigenvalue weighted by Gasteiger charge is -2.23. The molecule has 40 heavy (non-hydrogen) atoms. The molecule has 198 valence electrons. The van der Waals surface area contributed by atoms with Gasteiger partial charge >= 0.3 is 0 Å². The van der Waals surface area contributed by atoms with Crippen molar-refractivity contribution in [3.05, 3.63) is 119 Å². The number of para-hydroxylation sites is 1. The van der Waals surface area contributed by atoms with Crippen molar-refractivity contribution >= 4 is 39.7 Å². The van der Waals surface area contributed by atoms with Crippen LogP contribution in [0.2, 0.25) is 0 Å². The van der Waals surface area contributed by atoms with Gasteiger partial charge in [0.25, 0.3) is 11.8 Å². The molecule has 0 atom stereocenters. The summed E-state index contributed by atoms with van der Waals surface area (Å²) in [7, 11) is 3.99. The summed E-state index contributed by atoms with van der Waals surface area (Å²) in [5, 5.41) is 3.95. The maximum absolute atomic E-state index is 13.7. The number of carbonyl (C=O) groups excluding carboxylic acids is 2. The Hall–Kier alpha value is -4.75. The lowest BCUT2D eigenvalue weighted by Crippen LogP contribution is -2.32. The number of benzene rings is 4. The molecule has 1 aromatic heterocycles. The summed E-state index contributed by atoms with van der Waals surface area (Å²) in [6, 6.07) is 32.5. The van der Waals surface area contributed by atoms with E-state index in [1.54, 1.807) is 35.6 Å². The van der Waals surface area contributed by atoms with Gasteiger partial charge in [-0.15, -0.1) is 11.3 Å². The van der Waals surface area contributed by atoms with Gasteiger partial charge in [-0.1, -0.05) is 66.7 Å². The molecule has 1 aliphatic heterocycles. The number of rotatable bonds is 5. The second-order valence-electron chi connectivity index (χ2n) is 9.83. The average Bonchev–Trinajstić information content (AvgIpc) is 3.36. The molecule has 2 amide bonds. The van der Waals surface area contributed by atoms with Gasteiger partial charge in [-0.3, -0.25) is 9.59 Å². The highest BCUT2D eigenvalue weighted by Crippen LogP contribution is 2.40. The monoisotopic (exact) mass is 544 g/mol. The zero-order chi connectivity index (χ0) is 27.6. The largest absolute Gasteiger partial charge is 0.354 e. The van der Waals surface area contributed by atoms with Gasteiger partial charge in [-0.05, 0) is 47.5 Å². The number of hydrogen-bond acceptors (Lipinski definition) is 5. The molecule has 0 bridgehead atoms. The van der Waals surface area contributed by atoms with E-state index in [1.165, 1.54) is 4.88 Å². The number of anilines is 3. The molecular weight excluding hydrogens is 516 g/mol. The van der Waals surface area contributed by atoms with Gasteiger partial charge in [0.15, 0.2) is 5.13 Å². The molecule has 5 aromatic rings. The number of nitrogens with zero attached hydrogens (tertiary/aromatic N) is 3. The third-order valence-electron chi connectivity index (χ3n) is 6.97. The topological polar surface area (TPSA) is 65.5 Å². The third kappa shape index (κ3) is 4.87. The van der Waals surface area contributed by atoms with E-state index in [2.05, 4.69) is 5.32 Å². The average molecular weight is 545 g/mol. The van der Waals surface area contributed by atoms with Crippen molar-refractivity contribution in [1.29, 1.82) is 0 Å². The molecule has 0 fully saturated rings. The van der Waals surface area contributed by atoms with Crippen LogP contribution < -0.4 is 15.1 Å². The first-order valence-electron chi connectivity index (χ1n) is 13.1. The van der Waals surface area contributed by atoms with Crippen molar-refractivity contribution in [2.45, 2.75) is 6.42 Å². The fourth-order valence-electron chi connectivity index (χ4n) is 4.97. The minimum absolute atomic E-state index is 0.0808. The van der Waals surface area contributed by atoms with E-state index < -0.39 is 0 Å². The summed E-state index contributed by atoms with van der Waals surface area (Å²) < 4.78 is 0. The number of carbonyl (C=O) groups is 2. The standard InChI is InChI=1S/C33H28N4O2S/c1-36(2)33-35-30-27-14-8-9-15-28(27)37(21-20-29(30)40-33)32(39)23-16-18-24(19-17-23)34-31(38)26-13-7-6-12-25(26)22-10-4-3-5-11-22/h3-19H,20-21H2,1-2H3,(H,34,38). The van der Waals surface area contributed by atoms with Crippen LogP contribution in [0.5, 0.6) is 0 Å². The molecule has 0 radical (unpaired) electrons. The Kier molecular flexibility index (Phi) is 6.88. The minimum atomic E-state index is -0.198. The number of hydrogen-bond donors (Lipinski definition) is 1. The van der Waals surface area contributed by atoms with Gasteiger partial charge in [-0.2, -0.15) is 0 Å². The van der Waals surface area contributed by atoms with Crippen molar-refractivity contribution < 1.29 is 9.59 Å². The summed E-state index contributed by atoms with van der Waals surface area (Å²) in [4.78, 5) is 36.8. The van der Waals surface area contributed by atoms with Crippen molar-refractivity contribution in [3.8, 4) is 22.4 Å². The van der Waals surface area contributed by atoms with E-state index in [4.69, 9.17) is 4.98 Å². The summed E-state index contributed by atoms with van der Waals surface area (Å²) in [5.41, 5.74) is 6.41. The predicted octanol–water partition coefficient (Wildman–Crippen LogP) is 7.00. The van der Waals surface area contributed by atoms with E-state index in [0.29, 0.717) is 23.4 Å². The summed E-state index contributed by atoms with van der Waals surface area (Å²) >= 11 is 1.67. The third-order valence-corrected chi connectivity index (χ3v) is 8.26. The number of thiazole rings is 1. The van der Waals surface area contributed by atoms with Crippen LogP contribution in [0.1, 0.15) is 25.6 Å². The maximum Gasteiger partial charge on any atom is 0.258 e. The smallest absolute Gasteiger partial charge is 0.258 e. The molecule has 6 rings (SSSR count). The van der Waals surface area contributed by atoms with Crippen LogP contribution in [-0.2, 0) is 6.42 Å². The highest BCUT2D eigenvalue weighted by molar-refractivity contribution is 7.16. The molecule has 0 unspecified atom stereocenters. The Labute approximate surface area is 237 Å². The van der Waals surface area contributed by atoms with Gasteiger partial charge in [-0.25, -0.2) is 4.98 Å². The molecule has 0 saturated heterocycles. The van der Waals surface area contributed by atoms with Crippen LogP contribution in [0.4, 0.5) is 16.5 Å². The molecule has 0 aliphatic carbocycles. The molecule has 1 aliphatic rings. The molecule has 2 heterocycles. The Balaban J connectivity index is 1.23. The van der Waals surface area contributed by atoms with Crippen molar-refractivity contribution in [2.24, 2.45) is 0 Å². The molecule has 1 N–H and O–H groups in total. The molecular formula is C33H28N4O2S. The maximum atomic E-state index is 13.7. The van der Waals surface area contributed by atoms with E-state index in [-0.39, 0.29) is 11.8 Å². The van der Waals surface area contributed by atoms with Crippen LogP contribution in [0.25, 0.3) is 22.4 Å². The van der Waals surface area contributed by atoms with Gasteiger partial charge in [0.05, 0.1) is 11.4 Å². The Morgan fingerprint density at radius 2 is 1.50 bits per heavy atom. The second-order valence-corrected chi connectivity index (χ2v) is 10.9. The van der Waals surface area contributed by atoms with Crippen LogP contribution >= 0.6 is 11.3 Å². The minimum Gasteiger partial charge on any atom is -0.354 e. The number of aromatic nitrogens is 1. The van der Waals surface area contributed by atoms with Crippen molar-refractivity contribution in [1.82, 2.24) is 4.98 Å². The van der Waals surface area contributed by atoms with Crippen LogP contribution in [0, 0.1) is 0 Å². The highest BCUT2D eigenvalue weighted by atomic mass is 32.1. The van der Waals surface area contributed by atoms with Gasteiger partial charge in [0.1, 0.15) is 0 Å². The van der Waals surface area contributed by atoms with E-state index in [1.807, 2.05) is 103 Å². The zero-order valence-corrected chi connectivity index (χ0v) is 23.1. The van der Waals surface area contributed by atoms with E-state index in [0.717, 1.165) is 39.6 Å². The molecule has 0 spiro atoms. The number of amides is 2. The molecule has 7 heteroatoms. The first kappa shape index (κ1) is 25.5. The Morgan fingerprint density at radius 3 is 2.25 bits per heavy atom. The van der Waals surface area contributed by atoms with Crippen LogP contribution in [0.3, 0.4) is 0 Å². The van der Waals surface area contributed by atoms with Gasteiger partial charge < -0.3 is 15.1 Å². The molecule has 0 saturated carbocycles. The second kappa shape index (κ2) is 10.8. The number of nitrogens with one attached hydrogen (secondary N) is 1. The van der Waals surface area contributed by atoms with Crippen LogP contribution in [-0.4, -0.2) is 37.4 Å². The Bertz CT molecular complexity index is 1690. The highest BCUT2D eigenvalue weighted by Gasteiger charge is 2.27. The lowest BCUT2D eigenvalue weighted by atomic mass is 9.99. The SMILES string of the molecule is CN(C)c1nc2c(s1)CCN(C(=O)c1ccc(NC(=O)c3ccccc3-c3ccccc3)cc1)c1ccccc1-2. The Morgan fingerprint density at radius 1 is 0.825 bits per heavy atom. The first-order chi connectivity index (χ1) is 19.5. The molecule has 6 nitrogen and oxygen atoms in total. The summed E-state index contributed by atoms with van der Waals surface area (Å²) in [6.45, 7) is 0.562. The van der Waals surface area contributed by atoms with Crippen molar-refractivity contribution in [3.63, 3.8) is 0 Å².